The number of ether oxygens (including phenoxy) is 3. The Kier molecular flexibility index (Phi) is 8.06. The van der Waals surface area contributed by atoms with Crippen LogP contribution >= 0.6 is 0 Å². The lowest BCUT2D eigenvalue weighted by atomic mass is 10.2. The third-order valence-corrected chi connectivity index (χ3v) is 6.90. The van der Waals surface area contributed by atoms with Crippen molar-refractivity contribution in [1.29, 1.82) is 0 Å². The predicted molar refractivity (Wildman–Crippen MR) is 122 cm³/mol. The van der Waals surface area contributed by atoms with Crippen LogP contribution < -0.4 is 10.1 Å². The van der Waals surface area contributed by atoms with Crippen LogP contribution in [0.1, 0.15) is 29.8 Å². The van der Waals surface area contributed by atoms with Gasteiger partial charge < -0.3 is 19.5 Å². The van der Waals surface area contributed by atoms with Gasteiger partial charge in [0.15, 0.2) is 6.61 Å². The highest BCUT2D eigenvalue weighted by atomic mass is 32.2. The van der Waals surface area contributed by atoms with Gasteiger partial charge in [0.25, 0.3) is 5.91 Å². The van der Waals surface area contributed by atoms with Gasteiger partial charge in [-0.2, -0.15) is 4.31 Å². The molecule has 9 nitrogen and oxygen atoms in total. The second-order valence-electron chi connectivity index (χ2n) is 7.81. The lowest BCUT2D eigenvalue weighted by Gasteiger charge is -2.26. The quantitative estimate of drug-likeness (QED) is 0.583. The average Bonchev–Trinajstić information content (AvgIpc) is 2.79. The molecule has 1 saturated heterocycles. The number of carbonyl (C=O) groups is 2. The summed E-state index contributed by atoms with van der Waals surface area (Å²) in [6, 6.07) is 11.0. The maximum atomic E-state index is 13.0. The lowest BCUT2D eigenvalue weighted by Crippen LogP contribution is -2.40. The summed E-state index contributed by atoms with van der Waals surface area (Å²) in [4.78, 5) is 24.4. The van der Waals surface area contributed by atoms with Crippen LogP contribution in [0.5, 0.6) is 5.75 Å². The molecule has 2 aromatic carbocycles. The van der Waals surface area contributed by atoms with Gasteiger partial charge in [0.05, 0.1) is 29.8 Å². The van der Waals surface area contributed by atoms with Crippen LogP contribution in [0.15, 0.2) is 47.4 Å². The van der Waals surface area contributed by atoms with Crippen molar-refractivity contribution in [2.75, 3.05) is 38.2 Å². The molecule has 0 aliphatic carbocycles. The van der Waals surface area contributed by atoms with E-state index in [4.69, 9.17) is 14.2 Å². The molecule has 33 heavy (non-hydrogen) atoms. The largest absolute Gasteiger partial charge is 0.484 e. The van der Waals surface area contributed by atoms with E-state index in [-0.39, 0.29) is 17.6 Å². The Balaban J connectivity index is 1.60. The minimum Gasteiger partial charge on any atom is -0.484 e. The number of anilines is 1. The van der Waals surface area contributed by atoms with Crippen LogP contribution in [0.3, 0.4) is 0 Å². The van der Waals surface area contributed by atoms with E-state index >= 15 is 0 Å². The van der Waals surface area contributed by atoms with E-state index in [1.807, 2.05) is 0 Å². The number of hydrogen-bond acceptors (Lipinski definition) is 7. The van der Waals surface area contributed by atoms with E-state index in [0.29, 0.717) is 48.9 Å². The van der Waals surface area contributed by atoms with E-state index < -0.39 is 21.9 Å². The summed E-state index contributed by atoms with van der Waals surface area (Å²) < 4.78 is 43.2. The fourth-order valence-electron chi connectivity index (χ4n) is 3.20. The normalized spacial score (nSPS) is 14.7. The van der Waals surface area contributed by atoms with Crippen LogP contribution in [0, 0.1) is 6.92 Å². The summed E-state index contributed by atoms with van der Waals surface area (Å²) in [5.41, 5.74) is 1.33. The van der Waals surface area contributed by atoms with Gasteiger partial charge in [-0.25, -0.2) is 13.2 Å². The first kappa shape index (κ1) is 24.7. The van der Waals surface area contributed by atoms with Crippen LogP contribution in [0.2, 0.25) is 0 Å². The number of morpholine rings is 1. The van der Waals surface area contributed by atoms with Gasteiger partial charge in [0, 0.05) is 18.8 Å². The molecule has 0 unspecified atom stereocenters. The van der Waals surface area contributed by atoms with Crippen molar-refractivity contribution in [2.24, 2.45) is 0 Å². The predicted octanol–water partition coefficient (Wildman–Crippen LogP) is 2.60. The highest BCUT2D eigenvalue weighted by Gasteiger charge is 2.28. The standard InChI is InChI=1S/C23H28N2O7S/c1-16(2)32-23(27)18-5-8-20(9-6-18)31-15-22(26)24-19-7-4-17(3)21(14-19)33(28,29)25-10-12-30-13-11-25/h4-9,14,16H,10-13,15H2,1-3H3,(H,24,26). The summed E-state index contributed by atoms with van der Waals surface area (Å²) in [5, 5.41) is 2.66. The topological polar surface area (TPSA) is 111 Å². The summed E-state index contributed by atoms with van der Waals surface area (Å²) in [5.74, 6) is -0.473. The summed E-state index contributed by atoms with van der Waals surface area (Å²) in [6.07, 6.45) is -0.219. The van der Waals surface area contributed by atoms with Crippen LogP contribution in [-0.2, 0) is 24.3 Å². The maximum Gasteiger partial charge on any atom is 0.338 e. The number of nitrogens with zero attached hydrogens (tertiary/aromatic N) is 1. The molecule has 0 aromatic heterocycles. The molecule has 0 atom stereocenters. The van der Waals surface area contributed by atoms with Gasteiger partial charge in [0.2, 0.25) is 10.0 Å². The highest BCUT2D eigenvalue weighted by Crippen LogP contribution is 2.24. The van der Waals surface area contributed by atoms with Crippen LogP contribution in [-0.4, -0.2) is 63.6 Å². The van der Waals surface area contributed by atoms with E-state index in [2.05, 4.69) is 5.32 Å². The number of carbonyl (C=O) groups excluding carboxylic acids is 2. The number of benzene rings is 2. The molecule has 1 N–H and O–H groups in total. The molecule has 1 amide bonds. The van der Waals surface area contributed by atoms with Crippen molar-refractivity contribution in [3.63, 3.8) is 0 Å². The van der Waals surface area contributed by atoms with Gasteiger partial charge >= 0.3 is 5.97 Å². The molecule has 0 radical (unpaired) electrons. The minimum atomic E-state index is -3.69. The van der Waals surface area contributed by atoms with Gasteiger partial charge in [-0.05, 0) is 62.7 Å². The van der Waals surface area contributed by atoms with Gasteiger partial charge in [-0.1, -0.05) is 6.07 Å². The molecule has 3 rings (SSSR count). The molecule has 10 heteroatoms. The van der Waals surface area contributed by atoms with Crippen molar-refractivity contribution in [3.8, 4) is 5.75 Å². The zero-order valence-electron chi connectivity index (χ0n) is 18.9. The second kappa shape index (κ2) is 10.8. The molecular weight excluding hydrogens is 448 g/mol. The molecule has 2 aromatic rings. The van der Waals surface area contributed by atoms with E-state index in [1.54, 1.807) is 57.2 Å². The molecule has 178 valence electrons. The molecule has 1 heterocycles. The average molecular weight is 477 g/mol. The first-order valence-corrected chi connectivity index (χ1v) is 12.0. The SMILES string of the molecule is Cc1ccc(NC(=O)COc2ccc(C(=O)OC(C)C)cc2)cc1S(=O)(=O)N1CCOCC1. The Morgan fingerprint density at radius 3 is 2.39 bits per heavy atom. The van der Waals surface area contributed by atoms with Crippen molar-refractivity contribution in [3.05, 3.63) is 53.6 Å². The zero-order chi connectivity index (χ0) is 24.0. The third kappa shape index (κ3) is 6.53. The van der Waals surface area contributed by atoms with Gasteiger partial charge in [-0.3, -0.25) is 4.79 Å². The van der Waals surface area contributed by atoms with Crippen LogP contribution in [0.25, 0.3) is 0 Å². The zero-order valence-corrected chi connectivity index (χ0v) is 19.7. The van der Waals surface area contributed by atoms with E-state index in [1.165, 1.54) is 10.4 Å². The minimum absolute atomic E-state index is 0.145. The Morgan fingerprint density at radius 2 is 1.76 bits per heavy atom. The first-order chi connectivity index (χ1) is 15.7. The Labute approximate surface area is 193 Å². The maximum absolute atomic E-state index is 13.0. The van der Waals surface area contributed by atoms with E-state index in [9.17, 15) is 18.0 Å². The number of esters is 1. The number of amides is 1. The molecule has 1 fully saturated rings. The van der Waals surface area contributed by atoms with Gasteiger partial charge in [-0.15, -0.1) is 0 Å². The molecular formula is C23H28N2O7S. The number of sulfonamides is 1. The second-order valence-corrected chi connectivity index (χ2v) is 9.72. The van der Waals surface area contributed by atoms with Crippen molar-refractivity contribution >= 4 is 27.6 Å². The summed E-state index contributed by atoms with van der Waals surface area (Å²) >= 11 is 0. The number of hydrogen-bond donors (Lipinski definition) is 1. The fourth-order valence-corrected chi connectivity index (χ4v) is 4.86. The number of aryl methyl sites for hydroxylation is 1. The molecule has 1 aliphatic rings. The highest BCUT2D eigenvalue weighted by molar-refractivity contribution is 7.89. The lowest BCUT2D eigenvalue weighted by molar-refractivity contribution is -0.118. The van der Waals surface area contributed by atoms with Crippen molar-refractivity contribution in [1.82, 2.24) is 4.31 Å². The van der Waals surface area contributed by atoms with Crippen molar-refractivity contribution < 1.29 is 32.2 Å². The smallest absolute Gasteiger partial charge is 0.338 e. The molecule has 0 bridgehead atoms. The third-order valence-electron chi connectivity index (χ3n) is 4.86. The molecule has 0 spiro atoms. The fraction of sp³-hybridized carbons (Fsp3) is 0.391. The number of nitrogens with one attached hydrogen (secondary N) is 1. The Bertz CT molecular complexity index is 1090. The summed E-state index contributed by atoms with van der Waals surface area (Å²) in [7, 11) is -3.69. The van der Waals surface area contributed by atoms with Crippen LogP contribution in [0.4, 0.5) is 5.69 Å². The van der Waals surface area contributed by atoms with E-state index in [0.717, 1.165) is 0 Å². The number of rotatable bonds is 8. The first-order valence-electron chi connectivity index (χ1n) is 10.6. The monoisotopic (exact) mass is 476 g/mol. The summed E-state index contributed by atoms with van der Waals surface area (Å²) in [6.45, 7) is 6.25. The van der Waals surface area contributed by atoms with Gasteiger partial charge in [0.1, 0.15) is 5.75 Å². The Hall–Kier alpha value is -2.95. The molecule has 1 aliphatic heterocycles. The van der Waals surface area contributed by atoms with Crippen molar-refractivity contribution in [2.45, 2.75) is 31.8 Å². The molecule has 0 saturated carbocycles. The Morgan fingerprint density at radius 1 is 1.09 bits per heavy atom.